The van der Waals surface area contributed by atoms with Crippen LogP contribution in [-0.4, -0.2) is 77.1 Å². The number of carbonyl (C=O) groups excluding carboxylic acids is 3. The van der Waals surface area contributed by atoms with Gasteiger partial charge in [0.2, 0.25) is 0 Å². The second kappa shape index (κ2) is 28.6. The van der Waals surface area contributed by atoms with Crippen LogP contribution < -0.4 is 14.2 Å². The van der Waals surface area contributed by atoms with Crippen molar-refractivity contribution in [2.75, 3.05) is 52.9 Å². The average molecular weight is 757 g/mol. The zero-order valence-corrected chi connectivity index (χ0v) is 32.8. The molecule has 0 saturated carbocycles. The minimum Gasteiger partial charge on any atom is -0.494 e. The summed E-state index contributed by atoms with van der Waals surface area (Å²) in [6.45, 7) is 8.01. The summed E-state index contributed by atoms with van der Waals surface area (Å²) in [6.07, 6.45) is 13.8. The summed E-state index contributed by atoms with van der Waals surface area (Å²) in [5.74, 6) is 0.744. The van der Waals surface area contributed by atoms with E-state index in [1.165, 1.54) is 5.56 Å². The lowest BCUT2D eigenvalue weighted by molar-refractivity contribution is -0.162. The predicted molar refractivity (Wildman–Crippen MR) is 206 cm³/mol. The lowest BCUT2D eigenvalue weighted by atomic mass is 10.1. The first-order valence-electron chi connectivity index (χ1n) is 20.2. The number of esters is 3. The first-order valence-corrected chi connectivity index (χ1v) is 20.2. The molecule has 0 radical (unpaired) electrons. The van der Waals surface area contributed by atoms with E-state index in [-0.39, 0.29) is 25.1 Å². The molecule has 1 heterocycles. The molecule has 0 N–H and O–H groups in total. The molecule has 0 aromatic heterocycles. The molecule has 1 saturated heterocycles. The average Bonchev–Trinajstić information content (AvgIpc) is 3.18. The van der Waals surface area contributed by atoms with Crippen LogP contribution in [0.2, 0.25) is 0 Å². The molecule has 1 aliphatic heterocycles. The molecule has 11 nitrogen and oxygen atoms in total. The largest absolute Gasteiger partial charge is 0.494 e. The summed E-state index contributed by atoms with van der Waals surface area (Å²) >= 11 is 0. The quantitative estimate of drug-likeness (QED) is 0.0431. The summed E-state index contributed by atoms with van der Waals surface area (Å²) in [7, 11) is 0. The van der Waals surface area contributed by atoms with Gasteiger partial charge in [0.1, 0.15) is 22.8 Å². The van der Waals surface area contributed by atoms with Crippen LogP contribution in [0.25, 0.3) is 0 Å². The van der Waals surface area contributed by atoms with Crippen molar-refractivity contribution in [2.24, 2.45) is 0 Å². The highest BCUT2D eigenvalue weighted by atomic mass is 16.7. The molecule has 2 aromatic rings. The van der Waals surface area contributed by atoms with Crippen LogP contribution in [0.3, 0.4) is 0 Å². The van der Waals surface area contributed by atoms with Crippen LogP contribution in [0, 0.1) is 6.92 Å². The molecule has 0 bridgehead atoms. The molecule has 3 rings (SSSR count). The minimum absolute atomic E-state index is 0.0157. The van der Waals surface area contributed by atoms with Gasteiger partial charge < -0.3 is 37.9 Å². The van der Waals surface area contributed by atoms with Gasteiger partial charge in [0.25, 0.3) is 0 Å². The number of hydrogen-bond acceptors (Lipinski definition) is 11. The minimum atomic E-state index is -0.425. The number of rotatable bonds is 30. The van der Waals surface area contributed by atoms with Crippen LogP contribution in [0.1, 0.15) is 132 Å². The number of unbranched alkanes of at least 4 members (excludes halogenated alkanes) is 9. The number of benzene rings is 2. The normalized spacial score (nSPS) is 13.9. The molecule has 0 amide bonds. The Labute approximate surface area is 322 Å². The predicted octanol–water partition coefficient (Wildman–Crippen LogP) is 9.10. The highest BCUT2D eigenvalue weighted by Gasteiger charge is 2.17. The van der Waals surface area contributed by atoms with Crippen molar-refractivity contribution in [1.82, 2.24) is 0 Å². The van der Waals surface area contributed by atoms with Crippen molar-refractivity contribution in [1.29, 1.82) is 0 Å². The van der Waals surface area contributed by atoms with Gasteiger partial charge in [-0.2, -0.15) is 0 Å². The van der Waals surface area contributed by atoms with Crippen LogP contribution in [0.4, 0.5) is 0 Å². The Bertz CT molecular complexity index is 1310. The van der Waals surface area contributed by atoms with Crippen molar-refractivity contribution < 1.29 is 52.3 Å². The van der Waals surface area contributed by atoms with Crippen LogP contribution in [-0.2, 0) is 33.3 Å². The Morgan fingerprint density at radius 1 is 0.611 bits per heavy atom. The zero-order valence-electron chi connectivity index (χ0n) is 32.8. The number of carbonyl (C=O) groups is 3. The number of ether oxygens (including phenoxy) is 8. The van der Waals surface area contributed by atoms with E-state index in [2.05, 4.69) is 0 Å². The van der Waals surface area contributed by atoms with Gasteiger partial charge in [-0.25, -0.2) is 4.79 Å². The first-order chi connectivity index (χ1) is 26.4. The van der Waals surface area contributed by atoms with Gasteiger partial charge in [-0.05, 0) is 134 Å². The summed E-state index contributed by atoms with van der Waals surface area (Å²) in [6, 6.07) is 13.2. The Morgan fingerprint density at radius 3 is 1.76 bits per heavy atom. The standard InChI is InChI=1S/C43H64O11/c1-3-47-37-23-24-39(38(34-37)43(46)54-33-16-9-8-15-31-52-42-18-10-17-32-53-42)49-28-12-5-7-14-30-51-41(45)26-25-40(44)50-29-13-6-4-11-27-48-36-21-19-35(2)20-22-36/h19-24,34,42H,3-18,25-33H2,1-2H3. The lowest BCUT2D eigenvalue weighted by Gasteiger charge is -2.22. The number of hydrogen-bond donors (Lipinski definition) is 0. The van der Waals surface area contributed by atoms with Crippen molar-refractivity contribution >= 4 is 17.9 Å². The third-order valence-electron chi connectivity index (χ3n) is 8.88. The molecule has 1 fully saturated rings. The van der Waals surface area contributed by atoms with Gasteiger partial charge in [0, 0.05) is 13.2 Å². The molecule has 0 spiro atoms. The topological polar surface area (TPSA) is 125 Å². The zero-order chi connectivity index (χ0) is 38.5. The summed E-state index contributed by atoms with van der Waals surface area (Å²) < 4.78 is 44.8. The van der Waals surface area contributed by atoms with E-state index in [1.54, 1.807) is 18.2 Å². The third-order valence-corrected chi connectivity index (χ3v) is 8.88. The van der Waals surface area contributed by atoms with Crippen molar-refractivity contribution in [3.8, 4) is 17.2 Å². The van der Waals surface area contributed by atoms with E-state index in [0.29, 0.717) is 63.3 Å². The molecule has 11 heteroatoms. The van der Waals surface area contributed by atoms with E-state index in [4.69, 9.17) is 37.9 Å². The van der Waals surface area contributed by atoms with Crippen molar-refractivity contribution in [2.45, 2.75) is 129 Å². The van der Waals surface area contributed by atoms with E-state index in [0.717, 1.165) is 109 Å². The Balaban J connectivity index is 1.16. The molecule has 1 unspecified atom stereocenters. The van der Waals surface area contributed by atoms with Gasteiger partial charge in [0.05, 0.1) is 52.5 Å². The molecule has 54 heavy (non-hydrogen) atoms. The van der Waals surface area contributed by atoms with E-state index >= 15 is 0 Å². The van der Waals surface area contributed by atoms with E-state index in [1.807, 2.05) is 38.1 Å². The molecule has 1 atom stereocenters. The monoisotopic (exact) mass is 756 g/mol. The number of aryl methyl sites for hydroxylation is 1. The van der Waals surface area contributed by atoms with E-state index < -0.39 is 11.9 Å². The molecule has 302 valence electrons. The van der Waals surface area contributed by atoms with Gasteiger partial charge in [-0.3, -0.25) is 9.59 Å². The van der Waals surface area contributed by atoms with Gasteiger partial charge >= 0.3 is 17.9 Å². The molecular formula is C43H64O11. The fraction of sp³-hybridized carbons (Fsp3) is 0.651. The Kier molecular flexibility index (Phi) is 23.6. The summed E-state index contributed by atoms with van der Waals surface area (Å²) in [4.78, 5) is 37.0. The third kappa shape index (κ3) is 20.6. The second-order valence-electron chi connectivity index (χ2n) is 13.6. The van der Waals surface area contributed by atoms with E-state index in [9.17, 15) is 14.4 Å². The van der Waals surface area contributed by atoms with Crippen LogP contribution in [0.15, 0.2) is 42.5 Å². The smallest absolute Gasteiger partial charge is 0.342 e. The van der Waals surface area contributed by atoms with Crippen molar-refractivity contribution in [3.05, 3.63) is 53.6 Å². The molecule has 1 aliphatic rings. The summed E-state index contributed by atoms with van der Waals surface area (Å²) in [5, 5.41) is 0. The Hall–Kier alpha value is -3.83. The second-order valence-corrected chi connectivity index (χ2v) is 13.6. The van der Waals surface area contributed by atoms with Gasteiger partial charge in [-0.1, -0.05) is 24.1 Å². The van der Waals surface area contributed by atoms with Crippen molar-refractivity contribution in [3.63, 3.8) is 0 Å². The molecule has 2 aromatic carbocycles. The highest BCUT2D eigenvalue weighted by molar-refractivity contribution is 5.93. The maximum Gasteiger partial charge on any atom is 0.342 e. The molecular weight excluding hydrogens is 692 g/mol. The van der Waals surface area contributed by atoms with Gasteiger partial charge in [0.15, 0.2) is 6.29 Å². The molecule has 0 aliphatic carbocycles. The fourth-order valence-electron chi connectivity index (χ4n) is 5.75. The van der Waals surface area contributed by atoms with Crippen LogP contribution >= 0.6 is 0 Å². The van der Waals surface area contributed by atoms with Gasteiger partial charge in [-0.15, -0.1) is 0 Å². The fourth-order valence-corrected chi connectivity index (χ4v) is 5.75. The SMILES string of the molecule is CCOc1ccc(OCCCCCCOC(=O)CCC(=O)OCCCCCCOc2ccc(C)cc2)c(C(=O)OCCCCCCOC2CCCCO2)c1. The van der Waals surface area contributed by atoms with Crippen LogP contribution in [0.5, 0.6) is 17.2 Å². The maximum absolute atomic E-state index is 13.0. The maximum atomic E-state index is 13.0. The Morgan fingerprint density at radius 2 is 1.17 bits per heavy atom. The highest BCUT2D eigenvalue weighted by Crippen LogP contribution is 2.26. The first kappa shape index (κ1) is 44.6. The lowest BCUT2D eigenvalue weighted by Crippen LogP contribution is -2.22. The summed E-state index contributed by atoms with van der Waals surface area (Å²) in [5.41, 5.74) is 1.56.